The molecule has 0 saturated carbocycles. The number of halogens is 4. The number of anilines is 1. The average molecular weight is 507 g/mol. The molecule has 3 aromatic rings. The number of alkyl halides is 3. The van der Waals surface area contributed by atoms with Crippen molar-refractivity contribution in [3.8, 4) is 11.1 Å². The summed E-state index contributed by atoms with van der Waals surface area (Å²) in [6.45, 7) is 1.39. The number of amides is 1. The maximum atomic E-state index is 13.5. The molecule has 5 nitrogen and oxygen atoms in total. The van der Waals surface area contributed by atoms with Gasteiger partial charge in [-0.1, -0.05) is 18.2 Å². The lowest BCUT2D eigenvalue weighted by Gasteiger charge is -2.36. The molecule has 10 heteroatoms. The molecule has 0 aromatic heterocycles. The Morgan fingerprint density at radius 3 is 2.00 bits per heavy atom. The molecule has 184 valence electrons. The first-order chi connectivity index (χ1) is 16.4. The van der Waals surface area contributed by atoms with Gasteiger partial charge in [0.1, 0.15) is 5.82 Å². The fourth-order valence-electron chi connectivity index (χ4n) is 4.01. The normalized spacial score (nSPS) is 14.8. The van der Waals surface area contributed by atoms with Crippen LogP contribution in [0.1, 0.15) is 15.9 Å². The van der Waals surface area contributed by atoms with E-state index in [1.165, 1.54) is 54.6 Å². The molecule has 0 bridgehead atoms. The summed E-state index contributed by atoms with van der Waals surface area (Å²) >= 11 is 0. The van der Waals surface area contributed by atoms with Crippen LogP contribution in [0.2, 0.25) is 0 Å². The summed E-state index contributed by atoms with van der Waals surface area (Å²) < 4.78 is 76.1. The molecule has 0 unspecified atom stereocenters. The van der Waals surface area contributed by atoms with Gasteiger partial charge in [0.25, 0.3) is 5.91 Å². The van der Waals surface area contributed by atoms with E-state index >= 15 is 0 Å². The van der Waals surface area contributed by atoms with Crippen LogP contribution < -0.4 is 4.90 Å². The van der Waals surface area contributed by atoms with Crippen LogP contribution in [0.5, 0.6) is 0 Å². The lowest BCUT2D eigenvalue weighted by atomic mass is 9.98. The first kappa shape index (κ1) is 24.7. The lowest BCUT2D eigenvalue weighted by molar-refractivity contribution is -0.137. The maximum Gasteiger partial charge on any atom is 0.416 e. The van der Waals surface area contributed by atoms with Gasteiger partial charge in [-0.3, -0.25) is 4.79 Å². The van der Waals surface area contributed by atoms with Gasteiger partial charge < -0.3 is 9.80 Å². The van der Waals surface area contributed by atoms with Crippen LogP contribution in [0.25, 0.3) is 11.1 Å². The van der Waals surface area contributed by atoms with E-state index in [0.29, 0.717) is 43.0 Å². The van der Waals surface area contributed by atoms with Crippen molar-refractivity contribution < 1.29 is 30.8 Å². The molecule has 35 heavy (non-hydrogen) atoms. The highest BCUT2D eigenvalue weighted by Gasteiger charge is 2.31. The molecule has 0 N–H and O–H groups in total. The van der Waals surface area contributed by atoms with Gasteiger partial charge in [0.15, 0.2) is 9.84 Å². The van der Waals surface area contributed by atoms with Gasteiger partial charge in [0.05, 0.1) is 10.5 Å². The highest BCUT2D eigenvalue weighted by Crippen LogP contribution is 2.31. The number of carbonyl (C=O) groups is 1. The Kier molecular flexibility index (Phi) is 6.59. The third-order valence-corrected chi connectivity index (χ3v) is 7.04. The Labute approximate surface area is 200 Å². The van der Waals surface area contributed by atoms with Crippen LogP contribution in [-0.4, -0.2) is 51.7 Å². The topological polar surface area (TPSA) is 57.7 Å². The fraction of sp³-hybridized carbons (Fsp3) is 0.240. The summed E-state index contributed by atoms with van der Waals surface area (Å²) in [5.74, 6) is -0.810. The Morgan fingerprint density at radius 2 is 1.46 bits per heavy atom. The van der Waals surface area contributed by atoms with Gasteiger partial charge in [-0.25, -0.2) is 12.8 Å². The van der Waals surface area contributed by atoms with Crippen molar-refractivity contribution in [3.05, 3.63) is 83.7 Å². The van der Waals surface area contributed by atoms with Crippen molar-refractivity contribution in [2.24, 2.45) is 0 Å². The van der Waals surface area contributed by atoms with E-state index < -0.39 is 27.4 Å². The maximum absolute atomic E-state index is 13.5. The zero-order valence-corrected chi connectivity index (χ0v) is 19.5. The number of sulfone groups is 1. The molecule has 1 aliphatic heterocycles. The van der Waals surface area contributed by atoms with E-state index in [-0.39, 0.29) is 16.4 Å². The van der Waals surface area contributed by atoms with Crippen molar-refractivity contribution in [2.45, 2.75) is 11.1 Å². The minimum absolute atomic E-state index is 0.00454. The van der Waals surface area contributed by atoms with Crippen molar-refractivity contribution in [3.63, 3.8) is 0 Å². The second-order valence-corrected chi connectivity index (χ2v) is 10.3. The number of hydrogen-bond acceptors (Lipinski definition) is 4. The minimum atomic E-state index is -4.41. The van der Waals surface area contributed by atoms with Crippen molar-refractivity contribution in [1.82, 2.24) is 4.90 Å². The Hall–Kier alpha value is -3.40. The second kappa shape index (κ2) is 9.33. The monoisotopic (exact) mass is 506 g/mol. The largest absolute Gasteiger partial charge is 0.416 e. The molecular formula is C25H22F4N2O3S. The molecule has 1 heterocycles. The van der Waals surface area contributed by atoms with Crippen LogP contribution in [-0.2, 0) is 16.0 Å². The predicted molar refractivity (Wildman–Crippen MR) is 125 cm³/mol. The van der Waals surface area contributed by atoms with Gasteiger partial charge >= 0.3 is 6.18 Å². The minimum Gasteiger partial charge on any atom is -0.368 e. The summed E-state index contributed by atoms with van der Waals surface area (Å²) in [7, 11) is -3.57. The molecule has 0 spiro atoms. The van der Waals surface area contributed by atoms with Crippen LogP contribution in [0.15, 0.2) is 71.6 Å². The summed E-state index contributed by atoms with van der Waals surface area (Å²) in [6, 6.07) is 14.7. The van der Waals surface area contributed by atoms with Crippen molar-refractivity contribution in [1.29, 1.82) is 0 Å². The van der Waals surface area contributed by atoms with Crippen LogP contribution in [0.4, 0.5) is 23.2 Å². The third kappa shape index (κ3) is 5.48. The standard InChI is InChI=1S/C25H22F4N2O3S/c1-35(33,34)21-10-11-22(17-2-6-19(26)7-3-17)23(16-21)24(32)31-14-12-30(13-15-31)20-8-4-18(5-9-20)25(27,28)29/h2-11,16H,12-15H2,1H3. The summed E-state index contributed by atoms with van der Waals surface area (Å²) in [5, 5.41) is 0. The van der Waals surface area contributed by atoms with Crippen molar-refractivity contribution >= 4 is 21.4 Å². The summed E-state index contributed by atoms with van der Waals surface area (Å²) in [4.78, 5) is 16.9. The lowest BCUT2D eigenvalue weighted by Crippen LogP contribution is -2.49. The molecule has 0 atom stereocenters. The molecule has 1 fully saturated rings. The van der Waals surface area contributed by atoms with Crippen LogP contribution in [0.3, 0.4) is 0 Å². The zero-order chi connectivity index (χ0) is 25.4. The number of nitrogens with zero attached hydrogens (tertiary/aromatic N) is 2. The highest BCUT2D eigenvalue weighted by atomic mass is 32.2. The molecule has 0 aliphatic carbocycles. The quantitative estimate of drug-likeness (QED) is 0.474. The number of benzene rings is 3. The van der Waals surface area contributed by atoms with Crippen LogP contribution >= 0.6 is 0 Å². The average Bonchev–Trinajstić information content (AvgIpc) is 2.83. The number of hydrogen-bond donors (Lipinski definition) is 0. The number of carbonyl (C=O) groups excluding carboxylic acids is 1. The van der Waals surface area contributed by atoms with E-state index in [9.17, 15) is 30.8 Å². The fourth-order valence-corrected chi connectivity index (χ4v) is 4.66. The van der Waals surface area contributed by atoms with Crippen LogP contribution in [0, 0.1) is 5.82 Å². The molecule has 1 amide bonds. The Morgan fingerprint density at radius 1 is 0.857 bits per heavy atom. The summed E-state index contributed by atoms with van der Waals surface area (Å²) in [5.41, 5.74) is 1.12. The Balaban J connectivity index is 1.57. The SMILES string of the molecule is CS(=O)(=O)c1ccc(-c2ccc(F)cc2)c(C(=O)N2CCN(c3ccc(C(F)(F)F)cc3)CC2)c1. The first-order valence-electron chi connectivity index (χ1n) is 10.7. The number of rotatable bonds is 4. The van der Waals surface area contributed by atoms with Gasteiger partial charge in [-0.15, -0.1) is 0 Å². The second-order valence-electron chi connectivity index (χ2n) is 8.31. The van der Waals surface area contributed by atoms with Gasteiger partial charge in [-0.2, -0.15) is 13.2 Å². The summed E-state index contributed by atoms with van der Waals surface area (Å²) in [6.07, 6.45) is -3.36. The number of piperazine rings is 1. The van der Waals surface area contributed by atoms with Gasteiger partial charge in [0, 0.05) is 43.7 Å². The molecule has 0 radical (unpaired) electrons. The molecule has 1 saturated heterocycles. The molecule has 4 rings (SSSR count). The van der Waals surface area contributed by atoms with Gasteiger partial charge in [-0.05, 0) is 59.7 Å². The zero-order valence-electron chi connectivity index (χ0n) is 18.7. The van der Waals surface area contributed by atoms with E-state index in [2.05, 4.69) is 0 Å². The molecule has 3 aromatic carbocycles. The Bertz CT molecular complexity index is 1330. The highest BCUT2D eigenvalue weighted by molar-refractivity contribution is 7.90. The predicted octanol–water partition coefficient (Wildman–Crippen LogP) is 4.88. The smallest absolute Gasteiger partial charge is 0.368 e. The van der Waals surface area contributed by atoms with Gasteiger partial charge in [0.2, 0.25) is 0 Å². The molecular weight excluding hydrogens is 484 g/mol. The van der Waals surface area contributed by atoms with E-state index in [1.807, 2.05) is 4.90 Å². The third-order valence-electron chi connectivity index (χ3n) is 5.93. The van der Waals surface area contributed by atoms with Crippen molar-refractivity contribution in [2.75, 3.05) is 37.3 Å². The van der Waals surface area contributed by atoms with E-state index in [0.717, 1.165) is 18.4 Å². The first-order valence-corrected chi connectivity index (χ1v) is 12.6. The van der Waals surface area contributed by atoms with E-state index in [1.54, 1.807) is 4.90 Å². The molecule has 1 aliphatic rings. The van der Waals surface area contributed by atoms with E-state index in [4.69, 9.17) is 0 Å².